The molecule has 0 spiro atoms. The Balaban J connectivity index is 1.78. The quantitative estimate of drug-likeness (QED) is 0.201. The Labute approximate surface area is 323 Å². The third kappa shape index (κ3) is 10.7. The fraction of sp³-hybridized carbons (Fsp3) is 0.732. The number of rotatable bonds is 19. The summed E-state index contributed by atoms with van der Waals surface area (Å²) in [5.74, 6) is -2.48. The molecule has 2 aliphatic heterocycles. The van der Waals surface area contributed by atoms with Gasteiger partial charge in [0.1, 0.15) is 6.04 Å². The van der Waals surface area contributed by atoms with Crippen molar-refractivity contribution in [3.05, 3.63) is 35.9 Å². The molecule has 0 saturated carbocycles. The predicted molar refractivity (Wildman–Crippen MR) is 207 cm³/mol. The molecule has 0 unspecified atom stereocenters. The molecule has 2 N–H and O–H groups in total. The Kier molecular flexibility index (Phi) is 17.1. The number of esters is 1. The van der Waals surface area contributed by atoms with Gasteiger partial charge in [0, 0.05) is 33.2 Å². The third-order valence-electron chi connectivity index (χ3n) is 12.1. The smallest absolute Gasteiger partial charge is 0.328 e. The van der Waals surface area contributed by atoms with Gasteiger partial charge in [-0.25, -0.2) is 4.79 Å². The van der Waals surface area contributed by atoms with Crippen LogP contribution in [0.3, 0.4) is 0 Å². The zero-order valence-corrected chi connectivity index (χ0v) is 34.6. The van der Waals surface area contributed by atoms with Crippen molar-refractivity contribution in [2.45, 2.75) is 128 Å². The number of benzene rings is 1. The fourth-order valence-corrected chi connectivity index (χ4v) is 8.53. The maximum atomic E-state index is 14.3. The molecule has 13 heteroatoms. The Morgan fingerprint density at radius 3 is 2.17 bits per heavy atom. The molecule has 9 atom stereocenters. The summed E-state index contributed by atoms with van der Waals surface area (Å²) in [6, 6.07) is 7.16. The number of amides is 4. The largest absolute Gasteiger partial charge is 0.467 e. The molecule has 2 heterocycles. The van der Waals surface area contributed by atoms with Gasteiger partial charge >= 0.3 is 5.97 Å². The lowest BCUT2D eigenvalue weighted by Crippen LogP contribution is -2.61. The van der Waals surface area contributed by atoms with E-state index in [1.54, 1.807) is 18.9 Å². The van der Waals surface area contributed by atoms with Gasteiger partial charge in [0.2, 0.25) is 23.6 Å². The van der Waals surface area contributed by atoms with Gasteiger partial charge in [-0.2, -0.15) is 0 Å². The van der Waals surface area contributed by atoms with E-state index in [1.165, 1.54) is 14.2 Å². The summed E-state index contributed by atoms with van der Waals surface area (Å²) >= 11 is 0. The standard InChI is InChI=1S/C41H67N5O8/c1-12-27(4)35(45(8)34(26(2)3)38(49)43-40(51)41(6)21-17-22-44(41)7)32(52-9)25-33(47)46-23-16-20-31(46)36(53-10)28(5)37(48)42-30(39(50)54-11)24-29-18-14-13-15-19-29/h13-15,18-19,26-28,30-32,34-36H,12,16-17,20-25H2,1-11H3,(H,42,48)(H,43,49,51)/t27-,28+,30-,31-,32+,34-,35-,36+,41+/m0/s1. The number of carbonyl (C=O) groups is 5. The lowest BCUT2D eigenvalue weighted by molar-refractivity contribution is -0.147. The molecular formula is C41H67N5O8. The first-order chi connectivity index (χ1) is 25.6. The van der Waals surface area contributed by atoms with E-state index in [0.29, 0.717) is 19.4 Å². The lowest BCUT2D eigenvalue weighted by atomic mass is 9.87. The van der Waals surface area contributed by atoms with E-state index >= 15 is 0 Å². The molecule has 54 heavy (non-hydrogen) atoms. The van der Waals surface area contributed by atoms with Crippen molar-refractivity contribution in [2.75, 3.05) is 48.5 Å². The van der Waals surface area contributed by atoms with Crippen LogP contribution in [0.2, 0.25) is 0 Å². The molecule has 2 saturated heterocycles. The number of likely N-dealkylation sites (tertiary alicyclic amines) is 2. The summed E-state index contributed by atoms with van der Waals surface area (Å²) in [4.78, 5) is 73.7. The molecule has 0 bridgehead atoms. The molecule has 13 nitrogen and oxygen atoms in total. The van der Waals surface area contributed by atoms with Crippen molar-refractivity contribution in [3.8, 4) is 0 Å². The summed E-state index contributed by atoms with van der Waals surface area (Å²) in [6.07, 6.45) is 2.87. The monoisotopic (exact) mass is 757 g/mol. The maximum Gasteiger partial charge on any atom is 0.328 e. The molecule has 2 fully saturated rings. The van der Waals surface area contributed by atoms with Crippen LogP contribution in [0.5, 0.6) is 0 Å². The van der Waals surface area contributed by atoms with Gasteiger partial charge in [0.05, 0.1) is 49.3 Å². The summed E-state index contributed by atoms with van der Waals surface area (Å²) < 4.78 is 17.0. The van der Waals surface area contributed by atoms with Gasteiger partial charge in [-0.05, 0) is 70.6 Å². The van der Waals surface area contributed by atoms with Gasteiger partial charge in [-0.3, -0.25) is 34.3 Å². The highest BCUT2D eigenvalue weighted by Crippen LogP contribution is 2.31. The van der Waals surface area contributed by atoms with Crippen molar-refractivity contribution in [3.63, 3.8) is 0 Å². The number of nitrogens with one attached hydrogen (secondary N) is 2. The van der Waals surface area contributed by atoms with Crippen LogP contribution in [0, 0.1) is 17.8 Å². The van der Waals surface area contributed by atoms with Crippen LogP contribution in [0.4, 0.5) is 0 Å². The topological polar surface area (TPSA) is 147 Å². The Hall–Kier alpha value is -3.39. The number of imide groups is 1. The van der Waals surface area contributed by atoms with Gasteiger partial charge < -0.3 is 24.4 Å². The van der Waals surface area contributed by atoms with Crippen LogP contribution in [0.1, 0.15) is 85.6 Å². The van der Waals surface area contributed by atoms with Crippen LogP contribution in [-0.4, -0.2) is 135 Å². The number of carbonyl (C=O) groups excluding carboxylic acids is 5. The Bertz CT molecular complexity index is 1410. The number of nitrogens with zero attached hydrogens (tertiary/aromatic N) is 3. The second-order valence-corrected chi connectivity index (χ2v) is 15.9. The van der Waals surface area contributed by atoms with E-state index in [4.69, 9.17) is 14.2 Å². The molecule has 3 rings (SSSR count). The molecule has 1 aromatic rings. The van der Waals surface area contributed by atoms with E-state index in [0.717, 1.165) is 31.4 Å². The van der Waals surface area contributed by atoms with E-state index in [2.05, 4.69) is 24.5 Å². The molecule has 0 aromatic heterocycles. The van der Waals surface area contributed by atoms with Crippen LogP contribution >= 0.6 is 0 Å². The predicted octanol–water partition coefficient (Wildman–Crippen LogP) is 3.43. The Morgan fingerprint density at radius 2 is 1.63 bits per heavy atom. The molecule has 0 radical (unpaired) electrons. The number of likely N-dealkylation sites (N-methyl/N-ethyl adjacent to an activating group) is 2. The number of hydrogen-bond acceptors (Lipinski definition) is 10. The summed E-state index contributed by atoms with van der Waals surface area (Å²) in [7, 11) is 8.21. The Morgan fingerprint density at radius 1 is 0.963 bits per heavy atom. The summed E-state index contributed by atoms with van der Waals surface area (Å²) in [6.45, 7) is 13.0. The molecule has 1 aromatic carbocycles. The number of ether oxygens (including phenoxy) is 3. The fourth-order valence-electron chi connectivity index (χ4n) is 8.53. The minimum Gasteiger partial charge on any atom is -0.467 e. The van der Waals surface area contributed by atoms with Gasteiger partial charge in [-0.1, -0.05) is 71.4 Å². The summed E-state index contributed by atoms with van der Waals surface area (Å²) in [5, 5.41) is 5.61. The van der Waals surface area contributed by atoms with E-state index in [9.17, 15) is 24.0 Å². The van der Waals surface area contributed by atoms with Gasteiger partial charge in [-0.15, -0.1) is 0 Å². The minimum absolute atomic E-state index is 0.0412. The molecule has 304 valence electrons. The first-order valence-electron chi connectivity index (χ1n) is 19.6. The molecule has 2 aliphatic rings. The minimum atomic E-state index is -0.884. The van der Waals surface area contributed by atoms with Crippen molar-refractivity contribution >= 4 is 29.6 Å². The van der Waals surface area contributed by atoms with Gasteiger partial charge in [0.25, 0.3) is 0 Å². The van der Waals surface area contributed by atoms with E-state index in [-0.39, 0.29) is 60.4 Å². The van der Waals surface area contributed by atoms with E-state index in [1.807, 2.05) is 75.0 Å². The van der Waals surface area contributed by atoms with Crippen LogP contribution in [0.25, 0.3) is 0 Å². The maximum absolute atomic E-state index is 14.3. The summed E-state index contributed by atoms with van der Waals surface area (Å²) in [5.41, 5.74) is 0.133. The highest BCUT2D eigenvalue weighted by Gasteiger charge is 2.46. The lowest BCUT2D eigenvalue weighted by Gasteiger charge is -2.43. The SMILES string of the molecule is CC[C@H](C)[C@@H]([C@@H](CC(=O)N1CCC[C@H]1[C@H](OC)[C@@H](C)C(=O)N[C@@H](Cc1ccccc1)C(=O)OC)OC)N(C)[C@H](C(=O)NC(=O)[C@@]1(C)CCCN1C)C(C)C. The highest BCUT2D eigenvalue weighted by molar-refractivity contribution is 6.02. The molecule has 0 aliphatic carbocycles. The average molecular weight is 758 g/mol. The second kappa shape index (κ2) is 20.5. The van der Waals surface area contributed by atoms with Crippen molar-refractivity contribution in [1.82, 2.24) is 25.3 Å². The first kappa shape index (κ1) is 45.0. The highest BCUT2D eigenvalue weighted by atomic mass is 16.5. The van der Waals surface area contributed by atoms with Crippen LogP contribution in [0.15, 0.2) is 30.3 Å². The zero-order chi connectivity index (χ0) is 40.3. The van der Waals surface area contributed by atoms with Crippen molar-refractivity contribution in [1.29, 1.82) is 0 Å². The number of methoxy groups -OCH3 is 3. The van der Waals surface area contributed by atoms with Crippen molar-refractivity contribution < 1.29 is 38.2 Å². The van der Waals surface area contributed by atoms with Crippen LogP contribution in [-0.2, 0) is 44.6 Å². The van der Waals surface area contributed by atoms with Gasteiger partial charge in [0.15, 0.2) is 0 Å². The molecular weight excluding hydrogens is 690 g/mol. The zero-order valence-electron chi connectivity index (χ0n) is 34.6. The third-order valence-corrected chi connectivity index (χ3v) is 12.1. The van der Waals surface area contributed by atoms with Crippen LogP contribution < -0.4 is 10.6 Å². The first-order valence-corrected chi connectivity index (χ1v) is 19.6. The molecule has 4 amide bonds. The normalized spacial score (nSPS) is 23.0. The second-order valence-electron chi connectivity index (χ2n) is 15.9. The van der Waals surface area contributed by atoms with Crippen molar-refractivity contribution in [2.24, 2.45) is 17.8 Å². The number of hydrogen-bond donors (Lipinski definition) is 2. The van der Waals surface area contributed by atoms with E-state index < -0.39 is 41.7 Å². The average Bonchev–Trinajstić information content (AvgIpc) is 3.77.